The van der Waals surface area contributed by atoms with Gasteiger partial charge in [0.15, 0.2) is 11.5 Å². The summed E-state index contributed by atoms with van der Waals surface area (Å²) in [4.78, 5) is 15.3. The van der Waals surface area contributed by atoms with Gasteiger partial charge in [-0.1, -0.05) is 29.8 Å². The number of rotatable bonds is 9. The minimum atomic E-state index is -0.0923. The molecule has 5 nitrogen and oxygen atoms in total. The maximum atomic E-state index is 12.8. The topological polar surface area (TPSA) is 50.8 Å². The molecular weight excluding hydrogens is 364 g/mol. The average molecular weight is 397 g/mol. The van der Waals surface area contributed by atoms with E-state index in [1.165, 1.54) is 24.0 Å². The zero-order valence-corrected chi connectivity index (χ0v) is 17.7. The second-order valence-corrected chi connectivity index (χ2v) is 7.41. The third-order valence-corrected chi connectivity index (χ3v) is 5.31. The number of carbonyl (C=O) groups is 1. The molecule has 1 atom stereocenters. The first-order chi connectivity index (χ1) is 14.1. The van der Waals surface area contributed by atoms with Crippen molar-refractivity contribution in [3.8, 4) is 11.5 Å². The summed E-state index contributed by atoms with van der Waals surface area (Å²) in [7, 11) is 0. The standard InChI is InChI=1S/C24H32N2O3/c1-4-28-22-13-12-20(16-23(22)29-5-2)24(27)25-17-21(26-14-6-7-15-26)19-10-8-18(3)9-11-19/h8-13,16,21H,4-7,14-15,17H2,1-3H3,(H,25,27). The monoisotopic (exact) mass is 396 g/mol. The van der Waals surface area contributed by atoms with Crippen molar-refractivity contribution >= 4 is 5.91 Å². The van der Waals surface area contributed by atoms with Gasteiger partial charge >= 0.3 is 0 Å². The molecular formula is C24H32N2O3. The first-order valence-corrected chi connectivity index (χ1v) is 10.6. The lowest BCUT2D eigenvalue weighted by molar-refractivity contribution is 0.0937. The van der Waals surface area contributed by atoms with Gasteiger partial charge in [0, 0.05) is 12.1 Å². The van der Waals surface area contributed by atoms with Gasteiger partial charge in [0.1, 0.15) is 0 Å². The number of nitrogens with zero attached hydrogens (tertiary/aromatic N) is 1. The Hall–Kier alpha value is -2.53. The zero-order chi connectivity index (χ0) is 20.6. The van der Waals surface area contributed by atoms with Gasteiger partial charge in [-0.05, 0) is 70.5 Å². The molecule has 1 amide bonds. The van der Waals surface area contributed by atoms with E-state index in [1.807, 2.05) is 13.8 Å². The molecule has 156 valence electrons. The smallest absolute Gasteiger partial charge is 0.251 e. The first kappa shape index (κ1) is 21.2. The van der Waals surface area contributed by atoms with Crippen LogP contribution in [-0.2, 0) is 0 Å². The third-order valence-electron chi connectivity index (χ3n) is 5.31. The van der Waals surface area contributed by atoms with Crippen LogP contribution < -0.4 is 14.8 Å². The summed E-state index contributed by atoms with van der Waals surface area (Å²) in [5, 5.41) is 3.13. The largest absolute Gasteiger partial charge is 0.490 e. The Labute approximate surface area is 174 Å². The summed E-state index contributed by atoms with van der Waals surface area (Å²) in [6.07, 6.45) is 2.43. The number of aryl methyl sites for hydroxylation is 1. The number of likely N-dealkylation sites (tertiary alicyclic amines) is 1. The normalized spacial score (nSPS) is 15.1. The maximum Gasteiger partial charge on any atom is 0.251 e. The molecule has 1 N–H and O–H groups in total. The maximum absolute atomic E-state index is 12.8. The molecule has 0 spiro atoms. The van der Waals surface area contributed by atoms with Crippen LogP contribution in [0.1, 0.15) is 54.2 Å². The highest BCUT2D eigenvalue weighted by molar-refractivity contribution is 5.94. The van der Waals surface area contributed by atoms with Crippen molar-refractivity contribution in [2.75, 3.05) is 32.8 Å². The molecule has 3 rings (SSSR count). The van der Waals surface area contributed by atoms with E-state index in [9.17, 15) is 4.79 Å². The highest BCUT2D eigenvalue weighted by atomic mass is 16.5. The van der Waals surface area contributed by atoms with E-state index in [1.54, 1.807) is 18.2 Å². The number of nitrogens with one attached hydrogen (secondary N) is 1. The summed E-state index contributed by atoms with van der Waals surface area (Å²) in [5.74, 6) is 1.18. The fourth-order valence-electron chi connectivity index (χ4n) is 3.78. The summed E-state index contributed by atoms with van der Waals surface area (Å²) in [6.45, 7) is 9.76. The Bertz CT molecular complexity index is 798. The van der Waals surface area contributed by atoms with Gasteiger partial charge in [-0.15, -0.1) is 0 Å². The van der Waals surface area contributed by atoms with E-state index in [-0.39, 0.29) is 11.9 Å². The zero-order valence-electron chi connectivity index (χ0n) is 17.7. The molecule has 0 saturated carbocycles. The Morgan fingerprint density at radius 2 is 1.66 bits per heavy atom. The Morgan fingerprint density at radius 1 is 1.00 bits per heavy atom. The van der Waals surface area contributed by atoms with Crippen LogP contribution in [0.25, 0.3) is 0 Å². The number of hydrogen-bond acceptors (Lipinski definition) is 4. The van der Waals surface area contributed by atoms with E-state index < -0.39 is 0 Å². The highest BCUT2D eigenvalue weighted by Gasteiger charge is 2.24. The quantitative estimate of drug-likeness (QED) is 0.684. The Kier molecular flexibility index (Phi) is 7.53. The molecule has 1 aliphatic rings. The van der Waals surface area contributed by atoms with E-state index in [2.05, 4.69) is 41.4 Å². The SMILES string of the molecule is CCOc1ccc(C(=O)NCC(c2ccc(C)cc2)N2CCCC2)cc1OCC. The average Bonchev–Trinajstić information content (AvgIpc) is 3.25. The molecule has 0 aromatic heterocycles. The van der Waals surface area contributed by atoms with Crippen molar-refractivity contribution in [3.05, 3.63) is 59.2 Å². The van der Waals surface area contributed by atoms with Crippen LogP contribution in [-0.4, -0.2) is 43.7 Å². The molecule has 0 radical (unpaired) electrons. The van der Waals surface area contributed by atoms with E-state index in [4.69, 9.17) is 9.47 Å². The van der Waals surface area contributed by atoms with Crippen molar-refractivity contribution in [3.63, 3.8) is 0 Å². The summed E-state index contributed by atoms with van der Waals surface area (Å²) < 4.78 is 11.2. The molecule has 1 fully saturated rings. The Balaban J connectivity index is 1.72. The summed E-state index contributed by atoms with van der Waals surface area (Å²) >= 11 is 0. The predicted octanol–water partition coefficient (Wildman–Crippen LogP) is 4.36. The number of hydrogen-bond donors (Lipinski definition) is 1. The van der Waals surface area contributed by atoms with Crippen LogP contribution in [0, 0.1) is 6.92 Å². The van der Waals surface area contributed by atoms with Crippen LogP contribution in [0.3, 0.4) is 0 Å². The van der Waals surface area contributed by atoms with Gasteiger partial charge in [0.25, 0.3) is 5.91 Å². The molecule has 1 aliphatic heterocycles. The Morgan fingerprint density at radius 3 is 2.31 bits per heavy atom. The van der Waals surface area contributed by atoms with Gasteiger partial charge in [-0.3, -0.25) is 9.69 Å². The summed E-state index contributed by atoms with van der Waals surface area (Å²) in [6, 6.07) is 14.2. The molecule has 29 heavy (non-hydrogen) atoms. The van der Waals surface area contributed by atoms with Crippen LogP contribution in [0.4, 0.5) is 0 Å². The number of benzene rings is 2. The first-order valence-electron chi connectivity index (χ1n) is 10.6. The van der Waals surface area contributed by atoms with Gasteiger partial charge in [0.2, 0.25) is 0 Å². The molecule has 1 unspecified atom stereocenters. The fraction of sp³-hybridized carbons (Fsp3) is 0.458. The lowest BCUT2D eigenvalue weighted by Gasteiger charge is -2.28. The minimum Gasteiger partial charge on any atom is -0.490 e. The van der Waals surface area contributed by atoms with Gasteiger partial charge in [-0.2, -0.15) is 0 Å². The van der Waals surface area contributed by atoms with Crippen LogP contribution in [0.2, 0.25) is 0 Å². The van der Waals surface area contributed by atoms with Crippen LogP contribution in [0.5, 0.6) is 11.5 Å². The summed E-state index contributed by atoms with van der Waals surface area (Å²) in [5.41, 5.74) is 3.08. The van der Waals surface area contributed by atoms with Crippen molar-refractivity contribution in [2.45, 2.75) is 39.7 Å². The predicted molar refractivity (Wildman–Crippen MR) is 116 cm³/mol. The van der Waals surface area contributed by atoms with Crippen molar-refractivity contribution in [1.29, 1.82) is 0 Å². The second kappa shape index (κ2) is 10.3. The third kappa shape index (κ3) is 5.51. The molecule has 5 heteroatoms. The lowest BCUT2D eigenvalue weighted by atomic mass is 10.0. The number of amides is 1. The lowest BCUT2D eigenvalue weighted by Crippen LogP contribution is -2.36. The van der Waals surface area contributed by atoms with Crippen LogP contribution in [0.15, 0.2) is 42.5 Å². The molecule has 1 heterocycles. The minimum absolute atomic E-state index is 0.0923. The van der Waals surface area contributed by atoms with Crippen molar-refractivity contribution < 1.29 is 14.3 Å². The van der Waals surface area contributed by atoms with Gasteiger partial charge in [0.05, 0.1) is 19.3 Å². The second-order valence-electron chi connectivity index (χ2n) is 7.41. The number of carbonyl (C=O) groups excluding carboxylic acids is 1. The van der Waals surface area contributed by atoms with E-state index >= 15 is 0 Å². The molecule has 1 saturated heterocycles. The van der Waals surface area contributed by atoms with Crippen LogP contribution >= 0.6 is 0 Å². The van der Waals surface area contributed by atoms with E-state index in [0.717, 1.165) is 13.1 Å². The molecule has 0 bridgehead atoms. The number of ether oxygens (including phenoxy) is 2. The molecule has 2 aromatic carbocycles. The van der Waals surface area contributed by atoms with Crippen molar-refractivity contribution in [2.24, 2.45) is 0 Å². The van der Waals surface area contributed by atoms with E-state index in [0.29, 0.717) is 36.8 Å². The fourth-order valence-corrected chi connectivity index (χ4v) is 3.78. The molecule has 0 aliphatic carbocycles. The van der Waals surface area contributed by atoms with Gasteiger partial charge in [-0.25, -0.2) is 0 Å². The molecule has 2 aromatic rings. The van der Waals surface area contributed by atoms with Crippen molar-refractivity contribution in [1.82, 2.24) is 10.2 Å². The van der Waals surface area contributed by atoms with Gasteiger partial charge < -0.3 is 14.8 Å². The highest BCUT2D eigenvalue weighted by Crippen LogP contribution is 2.29.